The molecule has 0 spiro atoms. The monoisotopic (exact) mass is 482 g/mol. The van der Waals surface area contributed by atoms with Crippen molar-refractivity contribution in [1.82, 2.24) is 5.32 Å². The molecule has 1 aliphatic rings. The number of hydrogen-bond donors (Lipinski definition) is 2. The first-order chi connectivity index (χ1) is 16.0. The van der Waals surface area contributed by atoms with E-state index in [9.17, 15) is 4.79 Å². The summed E-state index contributed by atoms with van der Waals surface area (Å²) in [5.74, 6) is -0.753. The third kappa shape index (κ3) is 6.50. The Labute approximate surface area is 208 Å². The van der Waals surface area contributed by atoms with Crippen molar-refractivity contribution in [3.8, 4) is 0 Å². The topological polar surface area (TPSA) is 61.8 Å². The molecule has 182 valence electrons. The van der Waals surface area contributed by atoms with Gasteiger partial charge in [0.05, 0.1) is 12.7 Å². The Morgan fingerprint density at radius 3 is 2.79 bits per heavy atom. The lowest BCUT2D eigenvalue weighted by Crippen LogP contribution is -2.43. The van der Waals surface area contributed by atoms with Crippen LogP contribution in [0.25, 0.3) is 10.8 Å². The van der Waals surface area contributed by atoms with Crippen LogP contribution in [0.15, 0.2) is 60.7 Å². The summed E-state index contributed by atoms with van der Waals surface area (Å²) in [6.45, 7) is 7.58. The van der Waals surface area contributed by atoms with Crippen LogP contribution in [0.2, 0.25) is 0 Å². The van der Waals surface area contributed by atoms with Crippen LogP contribution in [0, 0.1) is 6.92 Å². The second-order valence-electron chi connectivity index (χ2n) is 8.98. The number of carboxylic acid groups (broad SMARTS) is 1. The minimum Gasteiger partial charge on any atom is -0.481 e. The average Bonchev–Trinajstić information content (AvgIpc) is 2.83. The van der Waals surface area contributed by atoms with E-state index in [2.05, 4.69) is 77.8 Å². The zero-order chi connectivity index (χ0) is 23.2. The van der Waals surface area contributed by atoms with Gasteiger partial charge >= 0.3 is 5.97 Å². The van der Waals surface area contributed by atoms with Gasteiger partial charge in [-0.15, -0.1) is 12.4 Å². The molecule has 1 aliphatic heterocycles. The minimum atomic E-state index is -0.753. The van der Waals surface area contributed by atoms with Crippen LogP contribution in [0.1, 0.15) is 42.5 Å². The lowest BCUT2D eigenvalue weighted by molar-refractivity contribution is -0.136. The Balaban J connectivity index is 0.00000324. The van der Waals surface area contributed by atoms with Gasteiger partial charge in [-0.25, -0.2) is 0 Å². The van der Waals surface area contributed by atoms with E-state index < -0.39 is 5.97 Å². The molecule has 2 N–H and O–H groups in total. The van der Waals surface area contributed by atoms with Crippen LogP contribution in [0.4, 0.5) is 5.69 Å². The van der Waals surface area contributed by atoms with E-state index in [1.54, 1.807) is 0 Å². The lowest BCUT2D eigenvalue weighted by atomic mass is 9.99. The quantitative estimate of drug-likeness (QED) is 0.419. The van der Waals surface area contributed by atoms with Crippen molar-refractivity contribution in [1.29, 1.82) is 0 Å². The average molecular weight is 483 g/mol. The zero-order valence-corrected chi connectivity index (χ0v) is 20.8. The molecule has 1 heterocycles. The summed E-state index contributed by atoms with van der Waals surface area (Å²) in [4.78, 5) is 13.4. The van der Waals surface area contributed by atoms with Gasteiger partial charge in [0.15, 0.2) is 0 Å². The molecule has 4 rings (SSSR count). The number of anilines is 1. The normalized spacial score (nSPS) is 16.8. The number of hydrogen-bond acceptors (Lipinski definition) is 4. The van der Waals surface area contributed by atoms with Crippen molar-refractivity contribution in [2.24, 2.45) is 0 Å². The summed E-state index contributed by atoms with van der Waals surface area (Å²) in [6, 6.07) is 21.7. The largest absolute Gasteiger partial charge is 0.481 e. The van der Waals surface area contributed by atoms with Gasteiger partial charge in [0.1, 0.15) is 0 Å². The van der Waals surface area contributed by atoms with E-state index in [4.69, 9.17) is 9.84 Å². The van der Waals surface area contributed by atoms with Crippen LogP contribution in [0.3, 0.4) is 0 Å². The second kappa shape index (κ2) is 12.2. The first kappa shape index (κ1) is 26.0. The van der Waals surface area contributed by atoms with E-state index in [1.165, 1.54) is 16.3 Å². The second-order valence-corrected chi connectivity index (χ2v) is 8.98. The van der Waals surface area contributed by atoms with Gasteiger partial charge in [-0.1, -0.05) is 48.5 Å². The molecule has 0 amide bonds. The van der Waals surface area contributed by atoms with E-state index in [1.807, 2.05) is 6.92 Å². The maximum Gasteiger partial charge on any atom is 0.303 e. The van der Waals surface area contributed by atoms with Crippen LogP contribution in [-0.2, 0) is 16.0 Å². The molecule has 0 radical (unpaired) electrons. The summed E-state index contributed by atoms with van der Waals surface area (Å²) in [7, 11) is 0. The first-order valence-electron chi connectivity index (χ1n) is 11.9. The molecular weight excluding hydrogens is 448 g/mol. The Morgan fingerprint density at radius 2 is 1.97 bits per heavy atom. The van der Waals surface area contributed by atoms with Crippen molar-refractivity contribution in [2.75, 3.05) is 31.1 Å². The van der Waals surface area contributed by atoms with Gasteiger partial charge < -0.3 is 20.1 Å². The third-order valence-corrected chi connectivity index (χ3v) is 6.65. The number of aliphatic carboxylic acids is 1. The van der Waals surface area contributed by atoms with E-state index >= 15 is 0 Å². The summed E-state index contributed by atoms with van der Waals surface area (Å²) >= 11 is 0. The highest BCUT2D eigenvalue weighted by atomic mass is 35.5. The Kier molecular flexibility index (Phi) is 9.34. The molecule has 1 saturated heterocycles. The van der Waals surface area contributed by atoms with Gasteiger partial charge in [-0.2, -0.15) is 0 Å². The summed E-state index contributed by atoms with van der Waals surface area (Å²) in [6.07, 6.45) is 1.85. The number of benzene rings is 3. The highest BCUT2D eigenvalue weighted by molar-refractivity contribution is 5.86. The number of nitrogens with zero attached hydrogens (tertiary/aromatic N) is 1. The minimum absolute atomic E-state index is 0. The van der Waals surface area contributed by atoms with E-state index in [0.29, 0.717) is 13.0 Å². The molecule has 1 unspecified atom stereocenters. The predicted octanol–water partition coefficient (Wildman–Crippen LogP) is 5.53. The molecule has 5 nitrogen and oxygen atoms in total. The number of fused-ring (bicyclic) bond motifs is 1. The number of rotatable bonds is 9. The number of morpholine rings is 1. The van der Waals surface area contributed by atoms with Crippen LogP contribution in [0.5, 0.6) is 0 Å². The van der Waals surface area contributed by atoms with Gasteiger partial charge in [-0.05, 0) is 72.8 Å². The van der Waals surface area contributed by atoms with Crippen LogP contribution < -0.4 is 10.2 Å². The third-order valence-electron chi connectivity index (χ3n) is 6.65. The SMILES string of the molecule is Cc1ccc(N2CCOC(CCN[C@H](C)c3cccc4ccccc34)C2)cc1CCC(=O)O.Cl. The smallest absolute Gasteiger partial charge is 0.303 e. The fraction of sp³-hybridized carbons (Fsp3) is 0.393. The lowest BCUT2D eigenvalue weighted by Gasteiger charge is -2.35. The van der Waals surface area contributed by atoms with Gasteiger partial charge in [-0.3, -0.25) is 4.79 Å². The molecule has 0 saturated carbocycles. The summed E-state index contributed by atoms with van der Waals surface area (Å²) in [5.41, 5.74) is 4.75. The maximum atomic E-state index is 11.0. The van der Waals surface area contributed by atoms with Gasteiger partial charge in [0.2, 0.25) is 0 Å². The number of carbonyl (C=O) groups is 1. The van der Waals surface area contributed by atoms with Crippen LogP contribution >= 0.6 is 12.4 Å². The fourth-order valence-corrected chi connectivity index (χ4v) is 4.69. The maximum absolute atomic E-state index is 11.0. The molecule has 1 fully saturated rings. The summed E-state index contributed by atoms with van der Waals surface area (Å²) < 4.78 is 6.06. The van der Waals surface area contributed by atoms with Crippen molar-refractivity contribution >= 4 is 34.8 Å². The summed E-state index contributed by atoms with van der Waals surface area (Å²) in [5, 5.41) is 15.3. The van der Waals surface area contributed by atoms with Crippen molar-refractivity contribution in [3.63, 3.8) is 0 Å². The molecule has 3 aromatic rings. The molecule has 0 bridgehead atoms. The molecule has 3 aromatic carbocycles. The van der Waals surface area contributed by atoms with Crippen molar-refractivity contribution in [3.05, 3.63) is 77.4 Å². The Morgan fingerprint density at radius 1 is 1.18 bits per heavy atom. The van der Waals surface area contributed by atoms with E-state index in [0.717, 1.165) is 42.9 Å². The standard InChI is InChI=1S/C28H34N2O3.ClH/c1-20-10-12-24(18-23(20)11-13-28(31)32)30-16-17-33-25(19-30)14-15-29-21(2)26-9-5-7-22-6-3-4-8-27(22)26;/h3-10,12,18,21,25,29H,11,13-17,19H2,1-2H3,(H,31,32);1H/t21-,25?;/m1./s1. The molecule has 6 heteroatoms. The Hall–Kier alpha value is -2.60. The number of aryl methyl sites for hydroxylation is 2. The van der Waals surface area contributed by atoms with Gasteiger partial charge in [0, 0.05) is 31.2 Å². The number of nitrogens with one attached hydrogen (secondary N) is 1. The highest BCUT2D eigenvalue weighted by Crippen LogP contribution is 2.25. The van der Waals surface area contributed by atoms with Crippen LogP contribution in [-0.4, -0.2) is 43.4 Å². The van der Waals surface area contributed by atoms with Crippen molar-refractivity contribution in [2.45, 2.75) is 45.3 Å². The molecule has 34 heavy (non-hydrogen) atoms. The molecule has 0 aromatic heterocycles. The number of ether oxygens (including phenoxy) is 1. The number of halogens is 1. The molecular formula is C28H35ClN2O3. The molecule has 2 atom stereocenters. The zero-order valence-electron chi connectivity index (χ0n) is 20.0. The first-order valence-corrected chi connectivity index (χ1v) is 11.9. The van der Waals surface area contributed by atoms with E-state index in [-0.39, 0.29) is 31.0 Å². The number of carboxylic acids is 1. The highest BCUT2D eigenvalue weighted by Gasteiger charge is 2.21. The van der Waals surface area contributed by atoms with Gasteiger partial charge in [0.25, 0.3) is 0 Å². The van der Waals surface area contributed by atoms with Crippen molar-refractivity contribution < 1.29 is 14.6 Å². The molecule has 0 aliphatic carbocycles. The Bertz CT molecular complexity index is 1100. The predicted molar refractivity (Wildman–Crippen MR) is 141 cm³/mol. The fourth-order valence-electron chi connectivity index (χ4n) is 4.69.